The molecule has 214 valence electrons. The fraction of sp³-hybridized carbons (Fsp3) is 0.828. The quantitative estimate of drug-likeness (QED) is 0.411. The number of carbonyl (C=O) groups excluding carboxylic acids is 5. The molecule has 0 radical (unpaired) electrons. The molecule has 0 aromatic rings. The lowest BCUT2D eigenvalue weighted by Crippen LogP contribution is -2.54. The molecule has 3 rings (SSSR count). The van der Waals surface area contributed by atoms with Crippen molar-refractivity contribution in [3.8, 4) is 0 Å². The zero-order valence-electron chi connectivity index (χ0n) is 23.9. The van der Waals surface area contributed by atoms with E-state index in [9.17, 15) is 24.0 Å². The van der Waals surface area contributed by atoms with Gasteiger partial charge in [0.05, 0.1) is 18.0 Å². The van der Waals surface area contributed by atoms with Crippen LogP contribution in [0.15, 0.2) is 0 Å². The smallest absolute Gasteiger partial charge is 0.315 e. The first kappa shape index (κ1) is 30.1. The lowest BCUT2D eigenvalue weighted by atomic mass is 9.78. The molecule has 38 heavy (non-hydrogen) atoms. The minimum atomic E-state index is -1.06. The molecule has 4 amide bonds. The average Bonchev–Trinajstić information content (AvgIpc) is 3.14. The second-order valence-electron chi connectivity index (χ2n) is 13.3. The molecule has 5 N–H and O–H groups in total. The van der Waals surface area contributed by atoms with E-state index in [1.165, 1.54) is 0 Å². The van der Waals surface area contributed by atoms with Crippen LogP contribution in [0.1, 0.15) is 105 Å². The van der Waals surface area contributed by atoms with Gasteiger partial charge in [0, 0.05) is 11.5 Å². The average molecular weight is 533 g/mol. The maximum Gasteiger partial charge on any atom is 0.315 e. The molecular weight excluding hydrogens is 484 g/mol. The molecule has 2 saturated carbocycles. The predicted molar refractivity (Wildman–Crippen MR) is 145 cm³/mol. The molecule has 2 aliphatic carbocycles. The highest BCUT2D eigenvalue weighted by Crippen LogP contribution is 2.70. The van der Waals surface area contributed by atoms with Crippen LogP contribution in [-0.4, -0.2) is 47.0 Å². The van der Waals surface area contributed by atoms with Crippen molar-refractivity contribution >= 4 is 29.4 Å². The van der Waals surface area contributed by atoms with Crippen molar-refractivity contribution in [3.63, 3.8) is 0 Å². The van der Waals surface area contributed by atoms with Gasteiger partial charge >= 0.3 is 6.03 Å². The highest BCUT2D eigenvalue weighted by atomic mass is 16.2. The number of amides is 4. The standard InChI is InChI=1S/C29H48N4O5/c1-28(2,3)33-27(38)32-19-14-12-10-8-6-7-9-11-13-15-20(24(35)25(30)36)31-26(37)21-17(23(19)34)16-18-22(21)29(18,4)5/h17-22H,6-16H2,1-5H3,(H2,30,36)(H,31,37)(H2,32,33,38)/t17?,18-,19-,20-,21-,22-/m0/s1. The first-order chi connectivity index (χ1) is 17.7. The van der Waals surface area contributed by atoms with Crippen LogP contribution < -0.4 is 21.7 Å². The summed E-state index contributed by atoms with van der Waals surface area (Å²) in [7, 11) is 0. The molecule has 3 aliphatic rings. The first-order valence-corrected chi connectivity index (χ1v) is 14.5. The van der Waals surface area contributed by atoms with Crippen molar-refractivity contribution in [1.29, 1.82) is 0 Å². The van der Waals surface area contributed by atoms with Gasteiger partial charge in [0.1, 0.15) is 0 Å². The Morgan fingerprint density at radius 1 is 0.921 bits per heavy atom. The van der Waals surface area contributed by atoms with Crippen molar-refractivity contribution in [2.24, 2.45) is 34.8 Å². The van der Waals surface area contributed by atoms with Crippen LogP contribution in [0.4, 0.5) is 4.79 Å². The number of fused-ring (bicyclic) bond motifs is 3. The van der Waals surface area contributed by atoms with Gasteiger partial charge in [0.25, 0.3) is 5.91 Å². The van der Waals surface area contributed by atoms with Gasteiger partial charge in [0.2, 0.25) is 11.7 Å². The molecule has 0 bridgehead atoms. The molecule has 1 unspecified atom stereocenters. The molecule has 0 aromatic heterocycles. The fourth-order valence-electron chi connectivity index (χ4n) is 6.80. The second kappa shape index (κ2) is 12.2. The van der Waals surface area contributed by atoms with E-state index in [1.807, 2.05) is 20.8 Å². The van der Waals surface area contributed by atoms with E-state index in [1.54, 1.807) is 0 Å². The zero-order chi connectivity index (χ0) is 28.3. The molecular formula is C29H48N4O5. The Balaban J connectivity index is 1.86. The Morgan fingerprint density at radius 3 is 2.03 bits per heavy atom. The van der Waals surface area contributed by atoms with Crippen molar-refractivity contribution in [3.05, 3.63) is 0 Å². The van der Waals surface area contributed by atoms with Crippen molar-refractivity contribution in [2.45, 2.75) is 123 Å². The first-order valence-electron chi connectivity index (χ1n) is 14.5. The van der Waals surface area contributed by atoms with Crippen LogP contribution in [0.3, 0.4) is 0 Å². The van der Waals surface area contributed by atoms with Gasteiger partial charge in [-0.1, -0.05) is 65.2 Å². The van der Waals surface area contributed by atoms with Crippen LogP contribution in [-0.2, 0) is 19.2 Å². The van der Waals surface area contributed by atoms with Crippen LogP contribution in [0.25, 0.3) is 0 Å². The van der Waals surface area contributed by atoms with Gasteiger partial charge in [0.15, 0.2) is 5.78 Å². The number of carbonyl (C=O) groups is 5. The highest BCUT2D eigenvalue weighted by molar-refractivity contribution is 6.37. The largest absolute Gasteiger partial charge is 0.363 e. The fourth-order valence-corrected chi connectivity index (χ4v) is 6.80. The maximum absolute atomic E-state index is 14.0. The molecule has 9 nitrogen and oxygen atoms in total. The molecule has 0 aromatic carbocycles. The minimum absolute atomic E-state index is 0.0203. The summed E-state index contributed by atoms with van der Waals surface area (Å²) in [5.41, 5.74) is 4.78. The van der Waals surface area contributed by atoms with Crippen molar-refractivity contribution in [1.82, 2.24) is 16.0 Å². The summed E-state index contributed by atoms with van der Waals surface area (Å²) < 4.78 is 0. The number of hydrogen-bond acceptors (Lipinski definition) is 5. The van der Waals surface area contributed by atoms with E-state index in [2.05, 4.69) is 29.8 Å². The van der Waals surface area contributed by atoms with E-state index >= 15 is 0 Å². The predicted octanol–water partition coefficient (Wildman–Crippen LogP) is 3.38. The molecule has 1 saturated heterocycles. The number of hydrogen-bond donors (Lipinski definition) is 4. The summed E-state index contributed by atoms with van der Waals surface area (Å²) in [5, 5.41) is 8.61. The summed E-state index contributed by atoms with van der Waals surface area (Å²) in [6.45, 7) is 9.86. The van der Waals surface area contributed by atoms with Gasteiger partial charge in [-0.15, -0.1) is 0 Å². The van der Waals surface area contributed by atoms with E-state index < -0.39 is 47.2 Å². The normalized spacial score (nSPS) is 32.7. The molecule has 1 heterocycles. The molecule has 3 fully saturated rings. The summed E-state index contributed by atoms with van der Waals surface area (Å²) in [6, 6.07) is -2.05. The second-order valence-corrected chi connectivity index (χ2v) is 13.3. The Bertz CT molecular complexity index is 924. The van der Waals surface area contributed by atoms with E-state index in [0.717, 1.165) is 44.9 Å². The molecule has 1 aliphatic heterocycles. The molecule has 0 spiro atoms. The Kier molecular flexibility index (Phi) is 9.63. The minimum Gasteiger partial charge on any atom is -0.363 e. The van der Waals surface area contributed by atoms with Crippen LogP contribution >= 0.6 is 0 Å². The monoisotopic (exact) mass is 532 g/mol. The molecule has 6 atom stereocenters. The zero-order valence-corrected chi connectivity index (χ0v) is 23.9. The number of primary amides is 1. The van der Waals surface area contributed by atoms with Crippen LogP contribution in [0.2, 0.25) is 0 Å². The lowest BCUT2D eigenvalue weighted by Gasteiger charge is -2.30. The topological polar surface area (TPSA) is 147 Å². The third kappa shape index (κ3) is 7.35. The van der Waals surface area contributed by atoms with Crippen molar-refractivity contribution in [2.75, 3.05) is 0 Å². The number of nitrogens with two attached hydrogens (primary N) is 1. The van der Waals surface area contributed by atoms with Crippen LogP contribution in [0, 0.1) is 29.1 Å². The van der Waals surface area contributed by atoms with Gasteiger partial charge in [-0.2, -0.15) is 0 Å². The Labute approximate surface area is 227 Å². The van der Waals surface area contributed by atoms with E-state index in [4.69, 9.17) is 5.73 Å². The number of ketones is 2. The number of urea groups is 1. The van der Waals surface area contributed by atoms with E-state index in [0.29, 0.717) is 25.7 Å². The SMILES string of the molecule is CC(C)(C)NC(=O)N[C@H]1CCCCCCCCCC[C@@H](C(=O)C(N)=O)NC(=O)[C@H]2C(C[C@H]3[C@@H]2C3(C)C)C1=O. The third-order valence-electron chi connectivity index (χ3n) is 8.88. The lowest BCUT2D eigenvalue weighted by molar-refractivity contribution is -0.140. The Hall–Kier alpha value is -2.45. The summed E-state index contributed by atoms with van der Waals surface area (Å²) >= 11 is 0. The van der Waals surface area contributed by atoms with Gasteiger partial charge < -0.3 is 21.7 Å². The summed E-state index contributed by atoms with van der Waals surface area (Å²) in [6.07, 6.45) is 9.12. The van der Waals surface area contributed by atoms with Crippen LogP contribution in [0.5, 0.6) is 0 Å². The highest BCUT2D eigenvalue weighted by Gasteiger charge is 2.70. The van der Waals surface area contributed by atoms with Gasteiger partial charge in [-0.3, -0.25) is 19.2 Å². The van der Waals surface area contributed by atoms with Gasteiger partial charge in [-0.25, -0.2) is 4.79 Å². The van der Waals surface area contributed by atoms with Crippen molar-refractivity contribution < 1.29 is 24.0 Å². The van der Waals surface area contributed by atoms with E-state index in [-0.39, 0.29) is 28.9 Å². The third-order valence-corrected chi connectivity index (χ3v) is 8.88. The number of rotatable bonds is 3. The summed E-state index contributed by atoms with van der Waals surface area (Å²) in [5.74, 6) is -3.21. The summed E-state index contributed by atoms with van der Waals surface area (Å²) in [4.78, 5) is 64.7. The number of nitrogens with one attached hydrogen (secondary N) is 3. The maximum atomic E-state index is 14.0. The number of Topliss-reactive ketones (excluding diaryl/α,β-unsaturated/α-hetero) is 2. The Morgan fingerprint density at radius 2 is 1.47 bits per heavy atom. The van der Waals surface area contributed by atoms with Gasteiger partial charge in [-0.05, 0) is 57.3 Å². The molecule has 9 heteroatoms.